The average Bonchev–Trinajstić information content (AvgIpc) is 2.62. The summed E-state index contributed by atoms with van der Waals surface area (Å²) in [5.41, 5.74) is 1.82. The van der Waals surface area contributed by atoms with Crippen LogP contribution in [-0.2, 0) is 11.2 Å². The van der Waals surface area contributed by atoms with Gasteiger partial charge in [-0.3, -0.25) is 9.78 Å². The topological polar surface area (TPSA) is 79.2 Å². The van der Waals surface area contributed by atoms with Crippen molar-refractivity contribution in [3.05, 3.63) is 36.3 Å². The van der Waals surface area contributed by atoms with Gasteiger partial charge in [-0.1, -0.05) is 6.92 Å². The lowest BCUT2D eigenvalue weighted by Gasteiger charge is -2.32. The summed E-state index contributed by atoms with van der Waals surface area (Å²) in [4.78, 5) is 26.7. The zero-order valence-electron chi connectivity index (χ0n) is 13.1. The number of anilines is 1. The number of carboxylic acids is 1. The molecule has 120 valence electrons. The molecule has 1 fully saturated rings. The summed E-state index contributed by atoms with van der Waals surface area (Å²) >= 11 is 0. The first-order valence-corrected chi connectivity index (χ1v) is 7.93. The normalized spacial score (nSPS) is 18.0. The van der Waals surface area contributed by atoms with E-state index in [1.54, 1.807) is 12.4 Å². The number of rotatable bonds is 4. The highest BCUT2D eigenvalue weighted by atomic mass is 16.4. The van der Waals surface area contributed by atoms with Gasteiger partial charge in [0.2, 0.25) is 0 Å². The predicted molar refractivity (Wildman–Crippen MR) is 87.2 cm³/mol. The van der Waals surface area contributed by atoms with Gasteiger partial charge in [-0.15, -0.1) is 0 Å². The second-order valence-corrected chi connectivity index (χ2v) is 5.76. The largest absolute Gasteiger partial charge is 0.481 e. The Morgan fingerprint density at radius 2 is 2.30 bits per heavy atom. The molecule has 0 saturated carbocycles. The molecule has 3 heterocycles. The fraction of sp³-hybridized carbons (Fsp3) is 0.412. The molecule has 23 heavy (non-hydrogen) atoms. The van der Waals surface area contributed by atoms with Crippen LogP contribution in [0.5, 0.6) is 0 Å². The number of piperidine rings is 1. The molecule has 0 bridgehead atoms. The second-order valence-electron chi connectivity index (χ2n) is 5.76. The summed E-state index contributed by atoms with van der Waals surface area (Å²) in [6, 6.07) is 5.75. The van der Waals surface area contributed by atoms with Crippen molar-refractivity contribution in [2.24, 2.45) is 5.92 Å². The Hall–Kier alpha value is -2.50. The van der Waals surface area contributed by atoms with Crippen LogP contribution >= 0.6 is 0 Å². The smallest absolute Gasteiger partial charge is 0.308 e. The lowest BCUT2D eigenvalue weighted by Crippen LogP contribution is -2.39. The van der Waals surface area contributed by atoms with Crippen LogP contribution in [-0.4, -0.2) is 39.1 Å². The monoisotopic (exact) mass is 312 g/mol. The summed E-state index contributed by atoms with van der Waals surface area (Å²) in [5, 5.41) is 9.27. The van der Waals surface area contributed by atoms with Crippen molar-refractivity contribution >= 4 is 11.8 Å². The maximum atomic E-state index is 11.3. The minimum absolute atomic E-state index is 0.328. The van der Waals surface area contributed by atoms with E-state index in [0.717, 1.165) is 42.9 Å². The van der Waals surface area contributed by atoms with Crippen LogP contribution in [0.1, 0.15) is 25.5 Å². The van der Waals surface area contributed by atoms with Crippen molar-refractivity contribution < 1.29 is 9.90 Å². The number of carboxylic acid groups (broad SMARTS) is 1. The molecular formula is C17H20N4O2. The highest BCUT2D eigenvalue weighted by molar-refractivity contribution is 5.71. The van der Waals surface area contributed by atoms with Crippen LogP contribution in [0.4, 0.5) is 5.82 Å². The lowest BCUT2D eigenvalue weighted by atomic mass is 9.98. The first kappa shape index (κ1) is 15.4. The first-order chi connectivity index (χ1) is 11.2. The quantitative estimate of drug-likeness (QED) is 0.934. The lowest BCUT2D eigenvalue weighted by molar-refractivity contribution is -0.141. The Balaban J connectivity index is 1.94. The molecule has 1 atom stereocenters. The summed E-state index contributed by atoms with van der Waals surface area (Å²) in [6.45, 7) is 3.38. The molecule has 1 saturated heterocycles. The van der Waals surface area contributed by atoms with Gasteiger partial charge in [0, 0.05) is 42.8 Å². The minimum Gasteiger partial charge on any atom is -0.481 e. The zero-order valence-corrected chi connectivity index (χ0v) is 13.1. The van der Waals surface area contributed by atoms with Crippen molar-refractivity contribution in [2.45, 2.75) is 26.2 Å². The average molecular weight is 312 g/mol. The standard InChI is InChI=1S/C17H20N4O2/c1-2-14-9-15(21-8-4-6-13(11-21)17(22)23)20-16(19-14)12-5-3-7-18-10-12/h3,5,7,9-10,13H,2,4,6,8,11H2,1H3,(H,22,23). The Morgan fingerprint density at radius 1 is 1.43 bits per heavy atom. The molecule has 0 aromatic carbocycles. The van der Waals surface area contributed by atoms with Crippen LogP contribution < -0.4 is 4.90 Å². The number of hydrogen-bond donors (Lipinski definition) is 1. The highest BCUT2D eigenvalue weighted by Crippen LogP contribution is 2.25. The third-order valence-electron chi connectivity index (χ3n) is 4.14. The van der Waals surface area contributed by atoms with Crippen molar-refractivity contribution in [2.75, 3.05) is 18.0 Å². The number of pyridine rings is 1. The molecule has 2 aromatic rings. The molecule has 6 nitrogen and oxygen atoms in total. The predicted octanol–water partition coefficient (Wildman–Crippen LogP) is 2.40. The van der Waals surface area contributed by atoms with E-state index in [1.807, 2.05) is 18.2 Å². The molecule has 0 spiro atoms. The number of nitrogens with zero attached hydrogens (tertiary/aromatic N) is 4. The van der Waals surface area contributed by atoms with Crippen molar-refractivity contribution in [1.29, 1.82) is 0 Å². The fourth-order valence-electron chi connectivity index (χ4n) is 2.84. The van der Waals surface area contributed by atoms with Crippen molar-refractivity contribution in [1.82, 2.24) is 15.0 Å². The van der Waals surface area contributed by atoms with E-state index >= 15 is 0 Å². The van der Waals surface area contributed by atoms with Crippen molar-refractivity contribution in [3.63, 3.8) is 0 Å². The maximum absolute atomic E-state index is 11.3. The Kier molecular flexibility index (Phi) is 4.50. The summed E-state index contributed by atoms with van der Waals surface area (Å²) < 4.78 is 0. The van der Waals surface area contributed by atoms with Crippen LogP contribution in [0.2, 0.25) is 0 Å². The molecule has 0 radical (unpaired) electrons. The SMILES string of the molecule is CCc1cc(N2CCCC(C(=O)O)C2)nc(-c2cccnc2)n1. The van der Waals surface area contributed by atoms with Crippen LogP contribution in [0.3, 0.4) is 0 Å². The van der Waals surface area contributed by atoms with E-state index in [9.17, 15) is 9.90 Å². The summed E-state index contributed by atoms with van der Waals surface area (Å²) in [7, 11) is 0. The molecule has 1 N–H and O–H groups in total. The van der Waals surface area contributed by atoms with Gasteiger partial charge in [0.15, 0.2) is 5.82 Å². The van der Waals surface area contributed by atoms with Crippen LogP contribution in [0, 0.1) is 5.92 Å². The summed E-state index contributed by atoms with van der Waals surface area (Å²) in [6.07, 6.45) is 5.86. The van der Waals surface area contributed by atoms with Gasteiger partial charge in [0.1, 0.15) is 5.82 Å². The Morgan fingerprint density at radius 3 is 3.00 bits per heavy atom. The molecule has 0 amide bonds. The number of carbonyl (C=O) groups is 1. The van der Waals surface area contributed by atoms with Gasteiger partial charge in [0.25, 0.3) is 0 Å². The van der Waals surface area contributed by atoms with E-state index in [0.29, 0.717) is 12.4 Å². The minimum atomic E-state index is -0.730. The number of aryl methyl sites for hydroxylation is 1. The second kappa shape index (κ2) is 6.73. The maximum Gasteiger partial charge on any atom is 0.308 e. The summed E-state index contributed by atoms with van der Waals surface area (Å²) in [5.74, 6) is 0.393. The van der Waals surface area contributed by atoms with Gasteiger partial charge < -0.3 is 10.0 Å². The van der Waals surface area contributed by atoms with Gasteiger partial charge >= 0.3 is 5.97 Å². The molecule has 2 aromatic heterocycles. The van der Waals surface area contributed by atoms with Crippen LogP contribution in [0.25, 0.3) is 11.4 Å². The Bertz CT molecular complexity index is 690. The third kappa shape index (κ3) is 3.47. The van der Waals surface area contributed by atoms with Crippen LogP contribution in [0.15, 0.2) is 30.6 Å². The Labute approximate surface area is 135 Å². The van der Waals surface area contributed by atoms with E-state index < -0.39 is 5.97 Å². The first-order valence-electron chi connectivity index (χ1n) is 7.93. The fourth-order valence-corrected chi connectivity index (χ4v) is 2.84. The molecule has 1 aliphatic rings. The molecule has 1 unspecified atom stereocenters. The van der Waals surface area contributed by atoms with Gasteiger partial charge in [0.05, 0.1) is 5.92 Å². The molecule has 6 heteroatoms. The van der Waals surface area contributed by atoms with Gasteiger partial charge in [-0.2, -0.15) is 0 Å². The zero-order chi connectivity index (χ0) is 16.2. The number of hydrogen-bond acceptors (Lipinski definition) is 5. The number of aromatic nitrogens is 3. The van der Waals surface area contributed by atoms with E-state index in [-0.39, 0.29) is 5.92 Å². The number of aliphatic carboxylic acids is 1. The highest BCUT2D eigenvalue weighted by Gasteiger charge is 2.26. The van der Waals surface area contributed by atoms with E-state index in [1.165, 1.54) is 0 Å². The van der Waals surface area contributed by atoms with Gasteiger partial charge in [-0.25, -0.2) is 9.97 Å². The molecule has 1 aliphatic heterocycles. The molecular weight excluding hydrogens is 292 g/mol. The van der Waals surface area contributed by atoms with Crippen molar-refractivity contribution in [3.8, 4) is 11.4 Å². The third-order valence-corrected chi connectivity index (χ3v) is 4.14. The van der Waals surface area contributed by atoms with Gasteiger partial charge in [-0.05, 0) is 31.4 Å². The van der Waals surface area contributed by atoms with E-state index in [4.69, 9.17) is 0 Å². The molecule has 3 rings (SSSR count). The van der Waals surface area contributed by atoms with E-state index in [2.05, 4.69) is 26.8 Å². The molecule has 0 aliphatic carbocycles.